The fourth-order valence-corrected chi connectivity index (χ4v) is 2.80. The SMILES string of the molecule is CSCCNS(=O)(=O)c1ccc(NN)c([N+](=O)[O-])c1. The molecule has 4 N–H and O–H groups in total. The Balaban J connectivity index is 3.07. The van der Waals surface area contributed by atoms with Crippen LogP contribution in [0.3, 0.4) is 0 Å². The Kier molecular flexibility index (Phi) is 5.54. The molecule has 0 fully saturated rings. The van der Waals surface area contributed by atoms with Crippen LogP contribution in [0, 0.1) is 10.1 Å². The molecule has 0 saturated carbocycles. The highest BCUT2D eigenvalue weighted by Gasteiger charge is 2.20. The van der Waals surface area contributed by atoms with Crippen molar-refractivity contribution in [1.29, 1.82) is 0 Å². The smallest absolute Gasteiger partial charge is 0.294 e. The standard InChI is InChI=1S/C9H14N4O4S2/c1-18-5-4-11-19(16,17)7-2-3-8(12-10)9(6-7)13(14)15/h2-3,6,11-12H,4-5,10H2,1H3. The molecule has 0 aromatic heterocycles. The van der Waals surface area contributed by atoms with Crippen LogP contribution in [0.2, 0.25) is 0 Å². The molecule has 1 aromatic rings. The van der Waals surface area contributed by atoms with Crippen molar-refractivity contribution < 1.29 is 13.3 Å². The van der Waals surface area contributed by atoms with Crippen LogP contribution in [0.1, 0.15) is 0 Å². The van der Waals surface area contributed by atoms with E-state index in [-0.39, 0.29) is 17.1 Å². The molecule has 0 aliphatic rings. The Labute approximate surface area is 114 Å². The van der Waals surface area contributed by atoms with Crippen molar-refractivity contribution in [3.63, 3.8) is 0 Å². The van der Waals surface area contributed by atoms with E-state index < -0.39 is 20.6 Å². The molecule has 0 saturated heterocycles. The maximum atomic E-state index is 11.9. The Morgan fingerprint density at radius 2 is 2.16 bits per heavy atom. The summed E-state index contributed by atoms with van der Waals surface area (Å²) in [6.45, 7) is 0.258. The molecule has 1 aromatic carbocycles. The highest BCUT2D eigenvalue weighted by atomic mass is 32.2. The van der Waals surface area contributed by atoms with Gasteiger partial charge >= 0.3 is 0 Å². The predicted molar refractivity (Wildman–Crippen MR) is 74.5 cm³/mol. The number of nitrogens with two attached hydrogens (primary N) is 1. The second-order valence-electron chi connectivity index (χ2n) is 3.47. The van der Waals surface area contributed by atoms with Gasteiger partial charge in [-0.1, -0.05) is 0 Å². The summed E-state index contributed by atoms with van der Waals surface area (Å²) in [6.07, 6.45) is 1.85. The van der Waals surface area contributed by atoms with Gasteiger partial charge in [-0.15, -0.1) is 0 Å². The van der Waals surface area contributed by atoms with Gasteiger partial charge in [-0.05, 0) is 18.4 Å². The van der Waals surface area contributed by atoms with Gasteiger partial charge in [0.1, 0.15) is 5.69 Å². The number of nitro benzene ring substituents is 1. The van der Waals surface area contributed by atoms with Crippen molar-refractivity contribution in [3.8, 4) is 0 Å². The molecule has 0 radical (unpaired) electrons. The predicted octanol–water partition coefficient (Wildman–Crippen LogP) is 0.522. The Morgan fingerprint density at radius 3 is 2.68 bits per heavy atom. The lowest BCUT2D eigenvalue weighted by Gasteiger charge is -2.07. The van der Waals surface area contributed by atoms with Gasteiger partial charge in [-0.3, -0.25) is 16.0 Å². The van der Waals surface area contributed by atoms with Gasteiger partial charge in [0.25, 0.3) is 5.69 Å². The van der Waals surface area contributed by atoms with Crippen LogP contribution >= 0.6 is 11.8 Å². The van der Waals surface area contributed by atoms with E-state index in [1.165, 1.54) is 23.9 Å². The minimum absolute atomic E-state index is 0.0491. The number of nitrogens with zero attached hydrogens (tertiary/aromatic N) is 1. The van der Waals surface area contributed by atoms with Crippen LogP contribution in [0.25, 0.3) is 0 Å². The lowest BCUT2D eigenvalue weighted by molar-refractivity contribution is -0.384. The number of nitro groups is 1. The number of rotatable bonds is 7. The van der Waals surface area contributed by atoms with Crippen molar-refractivity contribution in [2.24, 2.45) is 5.84 Å². The average molecular weight is 306 g/mol. The minimum atomic E-state index is -3.75. The summed E-state index contributed by atoms with van der Waals surface area (Å²) in [4.78, 5) is 9.95. The van der Waals surface area contributed by atoms with E-state index in [0.29, 0.717) is 5.75 Å². The minimum Gasteiger partial charge on any atom is -0.318 e. The first-order valence-corrected chi connectivity index (χ1v) is 8.03. The number of hydrazine groups is 1. The van der Waals surface area contributed by atoms with Gasteiger partial charge < -0.3 is 5.43 Å². The lowest BCUT2D eigenvalue weighted by Crippen LogP contribution is -2.26. The third-order valence-electron chi connectivity index (χ3n) is 2.23. The molecule has 0 aliphatic carbocycles. The average Bonchev–Trinajstić information content (AvgIpc) is 2.38. The largest absolute Gasteiger partial charge is 0.318 e. The topological polar surface area (TPSA) is 127 Å². The van der Waals surface area contributed by atoms with Gasteiger partial charge in [0, 0.05) is 18.4 Å². The normalized spacial score (nSPS) is 11.3. The first-order valence-electron chi connectivity index (χ1n) is 5.16. The summed E-state index contributed by atoms with van der Waals surface area (Å²) in [5, 5.41) is 10.8. The number of thioether (sulfide) groups is 1. The van der Waals surface area contributed by atoms with Crippen LogP contribution in [-0.2, 0) is 10.0 Å². The molecular formula is C9H14N4O4S2. The zero-order valence-corrected chi connectivity index (χ0v) is 11.8. The van der Waals surface area contributed by atoms with Crippen LogP contribution in [0.15, 0.2) is 23.1 Å². The lowest BCUT2D eigenvalue weighted by atomic mass is 10.3. The van der Waals surface area contributed by atoms with Gasteiger partial charge in [0.15, 0.2) is 0 Å². The van der Waals surface area contributed by atoms with Crippen molar-refractivity contribution in [3.05, 3.63) is 28.3 Å². The molecule has 0 unspecified atom stereocenters. The second-order valence-corrected chi connectivity index (χ2v) is 6.22. The molecule has 0 bridgehead atoms. The van der Waals surface area contributed by atoms with Crippen LogP contribution < -0.4 is 16.0 Å². The van der Waals surface area contributed by atoms with E-state index >= 15 is 0 Å². The summed E-state index contributed by atoms with van der Waals surface area (Å²) >= 11 is 1.49. The first-order chi connectivity index (χ1) is 8.92. The summed E-state index contributed by atoms with van der Waals surface area (Å²) in [6, 6.07) is 3.47. The van der Waals surface area contributed by atoms with E-state index in [9.17, 15) is 18.5 Å². The summed E-state index contributed by atoms with van der Waals surface area (Å²) in [5.41, 5.74) is 1.80. The van der Waals surface area contributed by atoms with Crippen molar-refractivity contribution in [2.75, 3.05) is 24.0 Å². The monoisotopic (exact) mass is 306 g/mol. The summed E-state index contributed by atoms with van der Waals surface area (Å²) < 4.78 is 26.1. The molecular weight excluding hydrogens is 292 g/mol. The van der Waals surface area contributed by atoms with Gasteiger partial charge in [-0.2, -0.15) is 11.8 Å². The quantitative estimate of drug-likeness (QED) is 0.290. The van der Waals surface area contributed by atoms with Crippen LogP contribution in [0.5, 0.6) is 0 Å². The maximum Gasteiger partial charge on any atom is 0.294 e. The van der Waals surface area contributed by atoms with E-state index in [1.807, 2.05) is 6.26 Å². The number of anilines is 1. The van der Waals surface area contributed by atoms with E-state index in [1.54, 1.807) is 0 Å². The number of hydrogen-bond acceptors (Lipinski definition) is 7. The zero-order valence-electron chi connectivity index (χ0n) is 10.1. The van der Waals surface area contributed by atoms with E-state index in [0.717, 1.165) is 6.07 Å². The molecule has 1 rings (SSSR count). The van der Waals surface area contributed by atoms with E-state index in [2.05, 4.69) is 10.1 Å². The van der Waals surface area contributed by atoms with Gasteiger partial charge in [0.2, 0.25) is 10.0 Å². The second kappa shape index (κ2) is 6.70. The first kappa shape index (κ1) is 15.7. The third-order valence-corrected chi connectivity index (χ3v) is 4.30. The fraction of sp³-hybridized carbons (Fsp3) is 0.333. The van der Waals surface area contributed by atoms with Crippen molar-refractivity contribution in [2.45, 2.75) is 4.90 Å². The molecule has 8 nitrogen and oxygen atoms in total. The number of nitrogens with one attached hydrogen (secondary N) is 2. The summed E-state index contributed by atoms with van der Waals surface area (Å²) in [5.74, 6) is 5.74. The van der Waals surface area contributed by atoms with Crippen molar-refractivity contribution in [1.82, 2.24) is 4.72 Å². The summed E-state index contributed by atoms with van der Waals surface area (Å²) in [7, 11) is -3.75. The van der Waals surface area contributed by atoms with Gasteiger partial charge in [-0.25, -0.2) is 13.1 Å². The molecule has 106 valence electrons. The molecule has 10 heteroatoms. The Hall–Kier alpha value is -1.36. The van der Waals surface area contributed by atoms with E-state index in [4.69, 9.17) is 5.84 Å². The molecule has 0 spiro atoms. The zero-order chi connectivity index (χ0) is 14.5. The molecule has 0 atom stereocenters. The highest BCUT2D eigenvalue weighted by Crippen LogP contribution is 2.26. The van der Waals surface area contributed by atoms with Crippen LogP contribution in [0.4, 0.5) is 11.4 Å². The number of sulfonamides is 1. The molecule has 0 amide bonds. The third kappa shape index (κ3) is 4.06. The maximum absolute atomic E-state index is 11.9. The van der Waals surface area contributed by atoms with Gasteiger partial charge in [0.05, 0.1) is 9.82 Å². The number of nitrogen functional groups attached to an aromatic ring is 1. The molecule has 0 heterocycles. The Bertz CT molecular complexity index is 561. The highest BCUT2D eigenvalue weighted by molar-refractivity contribution is 7.98. The molecule has 19 heavy (non-hydrogen) atoms. The fourth-order valence-electron chi connectivity index (χ4n) is 1.31. The Morgan fingerprint density at radius 1 is 1.47 bits per heavy atom. The van der Waals surface area contributed by atoms with Crippen molar-refractivity contribution >= 4 is 33.2 Å². The number of hydrogen-bond donors (Lipinski definition) is 3. The number of benzene rings is 1. The molecule has 0 aliphatic heterocycles. The van der Waals surface area contributed by atoms with Crippen LogP contribution in [-0.4, -0.2) is 31.9 Å².